The quantitative estimate of drug-likeness (QED) is 0.720. The summed E-state index contributed by atoms with van der Waals surface area (Å²) >= 11 is 0. The van der Waals surface area contributed by atoms with Gasteiger partial charge in [-0.15, -0.1) is 0 Å². The number of hydrogen-bond donors (Lipinski definition) is 2. The van der Waals surface area contributed by atoms with Crippen molar-refractivity contribution in [3.05, 3.63) is 24.3 Å². The van der Waals surface area contributed by atoms with Crippen molar-refractivity contribution in [2.45, 2.75) is 57.9 Å². The first-order chi connectivity index (χ1) is 10.8. The van der Waals surface area contributed by atoms with Gasteiger partial charge in [-0.3, -0.25) is 4.79 Å². The van der Waals surface area contributed by atoms with Crippen LogP contribution in [0.1, 0.15) is 51.9 Å². The number of rotatable bonds is 8. The molecule has 22 heavy (non-hydrogen) atoms. The number of nitrogens with one attached hydrogen (secondary N) is 2. The first-order valence-corrected chi connectivity index (χ1v) is 8.54. The van der Waals surface area contributed by atoms with E-state index in [1.165, 1.54) is 19.3 Å². The highest BCUT2D eigenvalue weighted by Gasteiger charge is 2.15. The molecule has 4 heteroatoms. The van der Waals surface area contributed by atoms with Crippen LogP contribution < -0.4 is 15.4 Å². The zero-order valence-electron chi connectivity index (χ0n) is 13.6. The van der Waals surface area contributed by atoms with Gasteiger partial charge in [0.05, 0.1) is 13.2 Å². The van der Waals surface area contributed by atoms with Gasteiger partial charge in [0, 0.05) is 17.8 Å². The van der Waals surface area contributed by atoms with E-state index < -0.39 is 0 Å². The van der Waals surface area contributed by atoms with Gasteiger partial charge in [-0.25, -0.2) is 0 Å². The van der Waals surface area contributed by atoms with Crippen molar-refractivity contribution in [2.24, 2.45) is 0 Å². The zero-order chi connectivity index (χ0) is 15.6. The number of carbonyl (C=O) groups is 1. The first kappa shape index (κ1) is 16.7. The standard InChI is InChI=1S/C18H28N2O2/c1-2-3-12-22-17-11-7-10-16(13-17)19-14-18(21)20-15-8-5-4-6-9-15/h7,10-11,13,15,19H,2-6,8-9,12,14H2,1H3,(H,20,21). The SMILES string of the molecule is CCCCOc1cccc(NCC(=O)NC2CCCCC2)c1. The Morgan fingerprint density at radius 2 is 2.09 bits per heavy atom. The lowest BCUT2D eigenvalue weighted by atomic mass is 9.95. The lowest BCUT2D eigenvalue weighted by molar-refractivity contribution is -0.120. The maximum absolute atomic E-state index is 12.0. The van der Waals surface area contributed by atoms with Crippen LogP contribution >= 0.6 is 0 Å². The molecule has 2 rings (SSSR count). The number of benzene rings is 1. The van der Waals surface area contributed by atoms with Crippen LogP contribution in [-0.2, 0) is 4.79 Å². The van der Waals surface area contributed by atoms with Crippen molar-refractivity contribution in [1.29, 1.82) is 0 Å². The summed E-state index contributed by atoms with van der Waals surface area (Å²) in [4.78, 5) is 12.0. The summed E-state index contributed by atoms with van der Waals surface area (Å²) in [6.45, 7) is 3.20. The molecule has 0 saturated heterocycles. The summed E-state index contributed by atoms with van der Waals surface area (Å²) in [5.41, 5.74) is 0.924. The van der Waals surface area contributed by atoms with Crippen LogP contribution in [0.25, 0.3) is 0 Å². The van der Waals surface area contributed by atoms with Crippen molar-refractivity contribution >= 4 is 11.6 Å². The molecule has 1 saturated carbocycles. The molecule has 0 heterocycles. The highest BCUT2D eigenvalue weighted by Crippen LogP contribution is 2.18. The Labute approximate surface area is 133 Å². The van der Waals surface area contributed by atoms with Gasteiger partial charge in [0.25, 0.3) is 0 Å². The van der Waals surface area contributed by atoms with E-state index >= 15 is 0 Å². The van der Waals surface area contributed by atoms with E-state index in [0.29, 0.717) is 12.6 Å². The molecule has 1 aliphatic rings. The Kier molecular flexibility index (Phi) is 7.07. The predicted molar refractivity (Wildman–Crippen MR) is 90.4 cm³/mol. The molecule has 2 N–H and O–H groups in total. The van der Waals surface area contributed by atoms with Crippen LogP contribution in [0, 0.1) is 0 Å². The van der Waals surface area contributed by atoms with Gasteiger partial charge >= 0.3 is 0 Å². The summed E-state index contributed by atoms with van der Waals surface area (Å²) in [7, 11) is 0. The second-order valence-electron chi connectivity index (χ2n) is 5.99. The number of carbonyl (C=O) groups excluding carboxylic acids is 1. The smallest absolute Gasteiger partial charge is 0.239 e. The minimum Gasteiger partial charge on any atom is -0.494 e. The molecule has 1 aromatic carbocycles. The summed E-state index contributed by atoms with van der Waals surface area (Å²) in [5.74, 6) is 0.926. The molecule has 1 fully saturated rings. The molecule has 122 valence electrons. The summed E-state index contributed by atoms with van der Waals surface area (Å²) in [6, 6.07) is 8.17. The lowest BCUT2D eigenvalue weighted by Gasteiger charge is -2.22. The highest BCUT2D eigenvalue weighted by atomic mass is 16.5. The average Bonchev–Trinajstić information content (AvgIpc) is 2.55. The zero-order valence-corrected chi connectivity index (χ0v) is 13.6. The first-order valence-electron chi connectivity index (χ1n) is 8.54. The molecule has 1 aromatic rings. The van der Waals surface area contributed by atoms with E-state index in [1.807, 2.05) is 24.3 Å². The van der Waals surface area contributed by atoms with Gasteiger partial charge < -0.3 is 15.4 Å². The molecule has 0 aromatic heterocycles. The third-order valence-corrected chi connectivity index (χ3v) is 4.02. The minimum absolute atomic E-state index is 0.0733. The van der Waals surface area contributed by atoms with Crippen LogP contribution in [0.4, 0.5) is 5.69 Å². The van der Waals surface area contributed by atoms with Gasteiger partial charge in [0.2, 0.25) is 5.91 Å². The van der Waals surface area contributed by atoms with Crippen LogP contribution in [0.2, 0.25) is 0 Å². The average molecular weight is 304 g/mol. The van der Waals surface area contributed by atoms with E-state index in [1.54, 1.807) is 0 Å². The molecule has 0 atom stereocenters. The summed E-state index contributed by atoms with van der Waals surface area (Å²) in [6.07, 6.45) is 8.18. The fourth-order valence-corrected chi connectivity index (χ4v) is 2.74. The van der Waals surface area contributed by atoms with Crippen LogP contribution in [0.15, 0.2) is 24.3 Å². The largest absolute Gasteiger partial charge is 0.494 e. The van der Waals surface area contributed by atoms with Crippen LogP contribution in [-0.4, -0.2) is 25.1 Å². The topological polar surface area (TPSA) is 50.4 Å². The Morgan fingerprint density at radius 1 is 1.27 bits per heavy atom. The van der Waals surface area contributed by atoms with Gasteiger partial charge in [-0.05, 0) is 31.4 Å². The summed E-state index contributed by atoms with van der Waals surface area (Å²) < 4.78 is 5.67. The van der Waals surface area contributed by atoms with Crippen molar-refractivity contribution < 1.29 is 9.53 Å². The Bertz CT molecular complexity index is 456. The molecule has 4 nitrogen and oxygen atoms in total. The van der Waals surface area contributed by atoms with E-state index in [2.05, 4.69) is 17.6 Å². The van der Waals surface area contributed by atoms with Crippen LogP contribution in [0.5, 0.6) is 5.75 Å². The Balaban J connectivity index is 1.73. The minimum atomic E-state index is 0.0733. The normalized spacial score (nSPS) is 15.3. The molecule has 0 bridgehead atoms. The highest BCUT2D eigenvalue weighted by molar-refractivity contribution is 5.81. The van der Waals surface area contributed by atoms with Gasteiger partial charge in [-0.2, -0.15) is 0 Å². The summed E-state index contributed by atoms with van der Waals surface area (Å²) in [5, 5.41) is 6.29. The Hall–Kier alpha value is -1.71. The molecular formula is C18H28N2O2. The molecule has 0 unspecified atom stereocenters. The number of unbranched alkanes of at least 4 members (excludes halogenated alkanes) is 1. The number of amides is 1. The Morgan fingerprint density at radius 3 is 2.86 bits per heavy atom. The fourth-order valence-electron chi connectivity index (χ4n) is 2.74. The van der Waals surface area contributed by atoms with Crippen molar-refractivity contribution in [2.75, 3.05) is 18.5 Å². The van der Waals surface area contributed by atoms with Crippen LogP contribution in [0.3, 0.4) is 0 Å². The van der Waals surface area contributed by atoms with E-state index in [4.69, 9.17) is 4.74 Å². The molecule has 1 amide bonds. The van der Waals surface area contributed by atoms with Gasteiger partial charge in [-0.1, -0.05) is 38.7 Å². The molecule has 0 radical (unpaired) electrons. The van der Waals surface area contributed by atoms with E-state index in [9.17, 15) is 4.79 Å². The molecule has 0 aliphatic heterocycles. The lowest BCUT2D eigenvalue weighted by Crippen LogP contribution is -2.39. The third kappa shape index (κ3) is 5.96. The monoisotopic (exact) mass is 304 g/mol. The molecular weight excluding hydrogens is 276 g/mol. The van der Waals surface area contributed by atoms with E-state index in [-0.39, 0.29) is 5.91 Å². The maximum atomic E-state index is 12.0. The number of anilines is 1. The van der Waals surface area contributed by atoms with Crippen molar-refractivity contribution in [3.8, 4) is 5.75 Å². The van der Waals surface area contributed by atoms with E-state index in [0.717, 1.165) is 43.7 Å². The van der Waals surface area contributed by atoms with Crippen molar-refractivity contribution in [3.63, 3.8) is 0 Å². The van der Waals surface area contributed by atoms with Gasteiger partial charge in [0.15, 0.2) is 0 Å². The number of hydrogen-bond acceptors (Lipinski definition) is 3. The van der Waals surface area contributed by atoms with Crippen molar-refractivity contribution in [1.82, 2.24) is 5.32 Å². The molecule has 0 spiro atoms. The maximum Gasteiger partial charge on any atom is 0.239 e. The molecule has 1 aliphatic carbocycles. The second kappa shape index (κ2) is 9.34. The third-order valence-electron chi connectivity index (χ3n) is 4.02. The number of ether oxygens (including phenoxy) is 1. The fraction of sp³-hybridized carbons (Fsp3) is 0.611. The predicted octanol–water partition coefficient (Wildman–Crippen LogP) is 3.73. The second-order valence-corrected chi connectivity index (χ2v) is 5.99. The van der Waals surface area contributed by atoms with Gasteiger partial charge in [0.1, 0.15) is 5.75 Å².